The van der Waals surface area contributed by atoms with Gasteiger partial charge in [0.1, 0.15) is 0 Å². The molecule has 2 nitrogen and oxygen atoms in total. The van der Waals surface area contributed by atoms with E-state index in [1.165, 1.54) is 5.69 Å². The maximum absolute atomic E-state index is 5.41. The van der Waals surface area contributed by atoms with Gasteiger partial charge >= 0.3 is 0 Å². The fourth-order valence-electron chi connectivity index (χ4n) is 0.829. The maximum Gasteiger partial charge on any atom is 0.0940 e. The van der Waals surface area contributed by atoms with E-state index in [2.05, 4.69) is 24.2 Å². The Kier molecular flexibility index (Phi) is 9.09. The molecule has 0 unspecified atom stereocenters. The molecule has 0 aromatic carbocycles. The smallest absolute Gasteiger partial charge is 0.0940 e. The van der Waals surface area contributed by atoms with Crippen LogP contribution in [0.2, 0.25) is 0 Å². The SMILES string of the molecule is CC(C)c1csc(CCN)n1.Cl.Cl. The third kappa shape index (κ3) is 4.81. The van der Waals surface area contributed by atoms with Crippen molar-refractivity contribution in [2.45, 2.75) is 26.2 Å². The molecule has 0 saturated heterocycles. The average Bonchev–Trinajstić information content (AvgIpc) is 2.37. The van der Waals surface area contributed by atoms with E-state index < -0.39 is 0 Å². The number of hydrogen-bond acceptors (Lipinski definition) is 3. The summed E-state index contributed by atoms with van der Waals surface area (Å²) in [5, 5.41) is 3.28. The predicted octanol–water partition coefficient (Wildman–Crippen LogP) is 2.61. The number of halogens is 2. The molecule has 0 radical (unpaired) electrons. The van der Waals surface area contributed by atoms with Crippen LogP contribution in [-0.2, 0) is 6.42 Å². The average molecular weight is 243 g/mol. The summed E-state index contributed by atoms with van der Waals surface area (Å²) < 4.78 is 0. The summed E-state index contributed by atoms with van der Waals surface area (Å²) in [5.74, 6) is 0.540. The summed E-state index contributed by atoms with van der Waals surface area (Å²) in [6.07, 6.45) is 0.914. The second-order valence-electron chi connectivity index (χ2n) is 2.86. The zero-order chi connectivity index (χ0) is 8.27. The minimum Gasteiger partial charge on any atom is -0.330 e. The van der Waals surface area contributed by atoms with Gasteiger partial charge in [0.05, 0.1) is 10.7 Å². The normalized spacial score (nSPS) is 9.23. The van der Waals surface area contributed by atoms with Crippen LogP contribution in [0.4, 0.5) is 0 Å². The van der Waals surface area contributed by atoms with Crippen molar-refractivity contribution in [1.29, 1.82) is 0 Å². The van der Waals surface area contributed by atoms with Crippen molar-refractivity contribution in [3.63, 3.8) is 0 Å². The number of hydrogen-bond donors (Lipinski definition) is 1. The van der Waals surface area contributed by atoms with Crippen LogP contribution in [0.15, 0.2) is 5.38 Å². The van der Waals surface area contributed by atoms with Crippen LogP contribution in [0.1, 0.15) is 30.5 Å². The molecule has 5 heteroatoms. The Bertz CT molecular complexity index is 226. The lowest BCUT2D eigenvalue weighted by atomic mass is 10.2. The zero-order valence-electron chi connectivity index (χ0n) is 7.82. The van der Waals surface area contributed by atoms with Gasteiger partial charge < -0.3 is 5.73 Å². The van der Waals surface area contributed by atoms with Gasteiger partial charge in [-0.3, -0.25) is 0 Å². The van der Waals surface area contributed by atoms with E-state index in [0.29, 0.717) is 12.5 Å². The summed E-state index contributed by atoms with van der Waals surface area (Å²) in [5.41, 5.74) is 6.61. The first-order valence-electron chi connectivity index (χ1n) is 3.88. The molecule has 1 aromatic heterocycles. The van der Waals surface area contributed by atoms with Crippen molar-refractivity contribution in [1.82, 2.24) is 4.98 Å². The fourth-order valence-corrected chi connectivity index (χ4v) is 1.80. The second-order valence-corrected chi connectivity index (χ2v) is 3.80. The lowest BCUT2D eigenvalue weighted by Gasteiger charge is -1.96. The standard InChI is InChI=1S/C8H14N2S.2ClH/c1-6(2)7-5-11-8(10-7)3-4-9;;/h5-6H,3-4,9H2,1-2H3;2*1H. The summed E-state index contributed by atoms with van der Waals surface area (Å²) >= 11 is 1.71. The second kappa shape index (κ2) is 7.56. The Morgan fingerprint density at radius 3 is 2.46 bits per heavy atom. The Hall–Kier alpha value is 0.170. The molecule has 0 bridgehead atoms. The lowest BCUT2D eigenvalue weighted by Crippen LogP contribution is -2.02. The first-order valence-corrected chi connectivity index (χ1v) is 4.76. The molecule has 1 heterocycles. The van der Waals surface area contributed by atoms with E-state index >= 15 is 0 Å². The number of nitrogens with two attached hydrogens (primary N) is 1. The molecule has 1 rings (SSSR count). The first-order chi connectivity index (χ1) is 5.24. The predicted molar refractivity (Wildman–Crippen MR) is 63.5 cm³/mol. The molecule has 2 N–H and O–H groups in total. The van der Waals surface area contributed by atoms with Gasteiger partial charge in [-0.05, 0) is 12.5 Å². The van der Waals surface area contributed by atoms with Gasteiger partial charge in [-0.2, -0.15) is 0 Å². The molecule has 78 valence electrons. The highest BCUT2D eigenvalue weighted by molar-refractivity contribution is 7.09. The van der Waals surface area contributed by atoms with Crippen LogP contribution >= 0.6 is 36.2 Å². The number of rotatable bonds is 3. The topological polar surface area (TPSA) is 38.9 Å². The van der Waals surface area contributed by atoms with Crippen LogP contribution in [-0.4, -0.2) is 11.5 Å². The number of thiazole rings is 1. The van der Waals surface area contributed by atoms with Crippen molar-refractivity contribution in [2.75, 3.05) is 6.54 Å². The number of nitrogens with zero attached hydrogens (tertiary/aromatic N) is 1. The van der Waals surface area contributed by atoms with Gasteiger partial charge in [0.25, 0.3) is 0 Å². The van der Waals surface area contributed by atoms with Crippen molar-refractivity contribution in [3.05, 3.63) is 16.1 Å². The van der Waals surface area contributed by atoms with Crippen LogP contribution in [0.3, 0.4) is 0 Å². The van der Waals surface area contributed by atoms with Gasteiger partial charge in [-0.1, -0.05) is 13.8 Å². The summed E-state index contributed by atoms with van der Waals surface area (Å²) in [7, 11) is 0. The molecule has 0 fully saturated rings. The summed E-state index contributed by atoms with van der Waals surface area (Å²) in [6.45, 7) is 5.01. The minimum absolute atomic E-state index is 0. The summed E-state index contributed by atoms with van der Waals surface area (Å²) in [4.78, 5) is 4.44. The first kappa shape index (κ1) is 15.6. The molecule has 0 aliphatic heterocycles. The zero-order valence-corrected chi connectivity index (χ0v) is 10.3. The largest absolute Gasteiger partial charge is 0.330 e. The van der Waals surface area contributed by atoms with Crippen LogP contribution in [0.5, 0.6) is 0 Å². The van der Waals surface area contributed by atoms with Crippen LogP contribution < -0.4 is 5.73 Å². The molecule has 0 aliphatic rings. The van der Waals surface area contributed by atoms with Gasteiger partial charge in [0, 0.05) is 11.8 Å². The Morgan fingerprint density at radius 1 is 1.46 bits per heavy atom. The highest BCUT2D eigenvalue weighted by Gasteiger charge is 2.03. The van der Waals surface area contributed by atoms with Crippen LogP contribution in [0, 0.1) is 0 Å². The third-order valence-electron chi connectivity index (χ3n) is 1.52. The molecular formula is C8H16Cl2N2S. The molecule has 0 spiro atoms. The molecule has 0 aliphatic carbocycles. The van der Waals surface area contributed by atoms with E-state index in [4.69, 9.17) is 5.73 Å². The Balaban J connectivity index is 0. The Labute approximate surface area is 95.8 Å². The highest BCUT2D eigenvalue weighted by Crippen LogP contribution is 2.17. The number of aromatic nitrogens is 1. The summed E-state index contributed by atoms with van der Waals surface area (Å²) in [6, 6.07) is 0. The molecule has 1 aromatic rings. The molecule has 0 atom stereocenters. The van der Waals surface area contributed by atoms with E-state index in [1.54, 1.807) is 11.3 Å². The van der Waals surface area contributed by atoms with E-state index in [-0.39, 0.29) is 24.8 Å². The van der Waals surface area contributed by atoms with E-state index in [0.717, 1.165) is 11.4 Å². The van der Waals surface area contributed by atoms with E-state index in [9.17, 15) is 0 Å². The fraction of sp³-hybridized carbons (Fsp3) is 0.625. The molecule has 0 amide bonds. The maximum atomic E-state index is 5.41. The van der Waals surface area contributed by atoms with Crippen LogP contribution in [0.25, 0.3) is 0 Å². The Morgan fingerprint density at radius 2 is 2.08 bits per heavy atom. The van der Waals surface area contributed by atoms with Crippen molar-refractivity contribution in [3.8, 4) is 0 Å². The van der Waals surface area contributed by atoms with Gasteiger partial charge in [-0.25, -0.2) is 4.98 Å². The van der Waals surface area contributed by atoms with Gasteiger partial charge in [0.2, 0.25) is 0 Å². The van der Waals surface area contributed by atoms with Crippen molar-refractivity contribution < 1.29 is 0 Å². The third-order valence-corrected chi connectivity index (χ3v) is 2.45. The van der Waals surface area contributed by atoms with Crippen molar-refractivity contribution >= 4 is 36.2 Å². The monoisotopic (exact) mass is 242 g/mol. The highest BCUT2D eigenvalue weighted by atomic mass is 35.5. The minimum atomic E-state index is 0. The van der Waals surface area contributed by atoms with Crippen molar-refractivity contribution in [2.24, 2.45) is 5.73 Å². The van der Waals surface area contributed by atoms with Gasteiger partial charge in [0.15, 0.2) is 0 Å². The molecule has 0 saturated carbocycles. The van der Waals surface area contributed by atoms with Gasteiger partial charge in [-0.15, -0.1) is 36.2 Å². The quantitative estimate of drug-likeness (QED) is 0.886. The van der Waals surface area contributed by atoms with E-state index in [1.807, 2.05) is 0 Å². The molecular weight excluding hydrogens is 227 g/mol. The molecule has 13 heavy (non-hydrogen) atoms. The lowest BCUT2D eigenvalue weighted by molar-refractivity contribution is 0.818.